The number of methoxy groups -OCH3 is 1. The maximum absolute atomic E-state index is 12.9. The zero-order chi connectivity index (χ0) is 18.9. The third-order valence-electron chi connectivity index (χ3n) is 4.23. The molecule has 1 N–H and O–H groups in total. The highest BCUT2D eigenvalue weighted by Gasteiger charge is 2.40. The number of benzene rings is 1. The number of nitrogens with zero attached hydrogens (tertiary/aromatic N) is 1. The molecule has 0 aliphatic carbocycles. The lowest BCUT2D eigenvalue weighted by atomic mass is 10.1. The quantitative estimate of drug-likeness (QED) is 0.812. The van der Waals surface area contributed by atoms with Crippen LogP contribution >= 0.6 is 22.9 Å². The van der Waals surface area contributed by atoms with E-state index in [-0.39, 0.29) is 10.1 Å². The second kappa shape index (κ2) is 7.56. The summed E-state index contributed by atoms with van der Waals surface area (Å²) in [6.45, 7) is 2.21. The number of thiophene rings is 1. The lowest BCUT2D eigenvalue weighted by Crippen LogP contribution is -2.42. The molecule has 140 valence electrons. The van der Waals surface area contributed by atoms with Crippen LogP contribution in [0.1, 0.15) is 18.4 Å². The van der Waals surface area contributed by atoms with E-state index < -0.39 is 16.1 Å². The second-order valence-electron chi connectivity index (χ2n) is 6.03. The zero-order valence-electron chi connectivity index (χ0n) is 14.4. The number of amides is 1. The van der Waals surface area contributed by atoms with Gasteiger partial charge in [-0.25, -0.2) is 8.42 Å². The van der Waals surface area contributed by atoms with Crippen molar-refractivity contribution in [3.63, 3.8) is 0 Å². The molecule has 26 heavy (non-hydrogen) atoms. The molecular weight excluding hydrogens is 396 g/mol. The van der Waals surface area contributed by atoms with Gasteiger partial charge in [0, 0.05) is 6.54 Å². The minimum atomic E-state index is -3.75. The van der Waals surface area contributed by atoms with E-state index >= 15 is 0 Å². The summed E-state index contributed by atoms with van der Waals surface area (Å²) in [6.07, 6.45) is 1.10. The van der Waals surface area contributed by atoms with E-state index in [9.17, 15) is 13.2 Å². The van der Waals surface area contributed by atoms with Crippen LogP contribution in [-0.4, -0.2) is 38.3 Å². The number of hydrogen-bond acceptors (Lipinski definition) is 5. The normalized spacial score (nSPS) is 18.0. The number of rotatable bonds is 5. The number of ether oxygens (including phenoxy) is 1. The largest absolute Gasteiger partial charge is 0.495 e. The molecule has 0 bridgehead atoms. The van der Waals surface area contributed by atoms with Crippen molar-refractivity contribution in [2.24, 2.45) is 0 Å². The van der Waals surface area contributed by atoms with Crippen molar-refractivity contribution in [3.8, 4) is 5.75 Å². The van der Waals surface area contributed by atoms with Crippen molar-refractivity contribution in [1.82, 2.24) is 4.31 Å². The summed E-state index contributed by atoms with van der Waals surface area (Å²) in [5.41, 5.74) is 1.49. The Morgan fingerprint density at radius 3 is 2.77 bits per heavy atom. The molecule has 1 aromatic carbocycles. The van der Waals surface area contributed by atoms with Gasteiger partial charge in [0.05, 0.1) is 17.1 Å². The van der Waals surface area contributed by atoms with Crippen molar-refractivity contribution in [1.29, 1.82) is 0 Å². The number of hydrogen-bond donors (Lipinski definition) is 1. The van der Waals surface area contributed by atoms with Crippen LogP contribution in [0.2, 0.25) is 4.34 Å². The molecule has 2 heterocycles. The molecule has 1 aliphatic rings. The molecule has 1 aromatic heterocycles. The van der Waals surface area contributed by atoms with Gasteiger partial charge in [-0.15, -0.1) is 11.3 Å². The van der Waals surface area contributed by atoms with Gasteiger partial charge < -0.3 is 10.1 Å². The molecule has 1 fully saturated rings. The first-order chi connectivity index (χ1) is 12.3. The van der Waals surface area contributed by atoms with Gasteiger partial charge in [-0.1, -0.05) is 17.7 Å². The maximum Gasteiger partial charge on any atom is 0.253 e. The number of halogens is 1. The van der Waals surface area contributed by atoms with Crippen molar-refractivity contribution in [3.05, 3.63) is 40.2 Å². The van der Waals surface area contributed by atoms with Gasteiger partial charge in [-0.2, -0.15) is 4.31 Å². The first-order valence-electron chi connectivity index (χ1n) is 8.05. The third kappa shape index (κ3) is 3.73. The number of nitrogens with one attached hydrogen (secondary N) is 1. The van der Waals surface area contributed by atoms with Crippen molar-refractivity contribution in [2.75, 3.05) is 19.0 Å². The predicted molar refractivity (Wildman–Crippen MR) is 103 cm³/mol. The minimum Gasteiger partial charge on any atom is -0.495 e. The van der Waals surface area contributed by atoms with Gasteiger partial charge in [0.1, 0.15) is 16.0 Å². The molecule has 1 atom stereocenters. The number of sulfonamides is 1. The molecule has 0 unspecified atom stereocenters. The summed E-state index contributed by atoms with van der Waals surface area (Å²) in [5.74, 6) is 0.166. The Morgan fingerprint density at radius 1 is 1.35 bits per heavy atom. The lowest BCUT2D eigenvalue weighted by Gasteiger charge is -2.23. The van der Waals surface area contributed by atoms with E-state index in [1.54, 1.807) is 18.2 Å². The van der Waals surface area contributed by atoms with Crippen LogP contribution in [-0.2, 0) is 14.8 Å². The Hall–Kier alpha value is -1.61. The topological polar surface area (TPSA) is 75.7 Å². The van der Waals surface area contributed by atoms with Crippen LogP contribution in [0.5, 0.6) is 5.75 Å². The summed E-state index contributed by atoms with van der Waals surface area (Å²) in [5, 5.41) is 2.81. The highest BCUT2D eigenvalue weighted by Crippen LogP contribution is 2.33. The van der Waals surface area contributed by atoms with E-state index in [0.717, 1.165) is 16.9 Å². The van der Waals surface area contributed by atoms with E-state index in [1.807, 2.05) is 13.0 Å². The SMILES string of the molecule is COc1ccc(C)cc1NC(=O)[C@@H]1CCCN1S(=O)(=O)c1ccc(Cl)s1. The fraction of sp³-hybridized carbons (Fsp3) is 0.353. The van der Waals surface area contributed by atoms with E-state index in [4.69, 9.17) is 16.3 Å². The summed E-state index contributed by atoms with van der Waals surface area (Å²) in [6, 6.07) is 7.69. The van der Waals surface area contributed by atoms with Crippen LogP contribution in [0.4, 0.5) is 5.69 Å². The molecular formula is C17H19ClN2O4S2. The van der Waals surface area contributed by atoms with Crippen molar-refractivity contribution < 1.29 is 17.9 Å². The lowest BCUT2D eigenvalue weighted by molar-refractivity contribution is -0.119. The van der Waals surface area contributed by atoms with Gasteiger partial charge in [-0.3, -0.25) is 4.79 Å². The Bertz CT molecular complexity index is 927. The number of carbonyl (C=O) groups is 1. The van der Waals surface area contributed by atoms with Crippen molar-refractivity contribution in [2.45, 2.75) is 30.0 Å². The third-order valence-corrected chi connectivity index (χ3v) is 7.84. The van der Waals surface area contributed by atoms with Crippen LogP contribution < -0.4 is 10.1 Å². The minimum absolute atomic E-state index is 0.148. The summed E-state index contributed by atoms with van der Waals surface area (Å²) < 4.78 is 32.8. The van der Waals surface area contributed by atoms with Gasteiger partial charge >= 0.3 is 0 Å². The molecule has 2 aromatic rings. The molecule has 0 spiro atoms. The fourth-order valence-corrected chi connectivity index (χ4v) is 6.25. The second-order valence-corrected chi connectivity index (χ2v) is 9.86. The number of carbonyl (C=O) groups excluding carboxylic acids is 1. The fourth-order valence-electron chi connectivity index (χ4n) is 2.98. The van der Waals surface area contributed by atoms with Crippen LogP contribution in [0.3, 0.4) is 0 Å². The van der Waals surface area contributed by atoms with E-state index in [0.29, 0.717) is 35.2 Å². The predicted octanol–water partition coefficient (Wildman–Crippen LogP) is 3.51. The van der Waals surface area contributed by atoms with Gasteiger partial charge in [0.25, 0.3) is 10.0 Å². The van der Waals surface area contributed by atoms with Gasteiger partial charge in [0.15, 0.2) is 0 Å². The number of aryl methyl sites for hydroxylation is 1. The smallest absolute Gasteiger partial charge is 0.253 e. The first kappa shape index (κ1) is 19.2. The highest BCUT2D eigenvalue weighted by atomic mass is 35.5. The van der Waals surface area contributed by atoms with Gasteiger partial charge in [-0.05, 0) is 49.6 Å². The molecule has 0 saturated carbocycles. The molecule has 1 saturated heterocycles. The summed E-state index contributed by atoms with van der Waals surface area (Å²) in [7, 11) is -2.23. The monoisotopic (exact) mass is 414 g/mol. The zero-order valence-corrected chi connectivity index (χ0v) is 16.7. The average Bonchev–Trinajstić information content (AvgIpc) is 3.24. The van der Waals surface area contributed by atoms with Gasteiger partial charge in [0.2, 0.25) is 5.91 Å². The maximum atomic E-state index is 12.9. The molecule has 9 heteroatoms. The highest BCUT2D eigenvalue weighted by molar-refractivity contribution is 7.91. The standard InChI is InChI=1S/C17H19ClN2O4S2/c1-11-5-6-14(24-2)12(10-11)19-17(21)13-4-3-9-20(13)26(22,23)16-8-7-15(18)25-16/h5-8,10,13H,3-4,9H2,1-2H3,(H,19,21)/t13-/m0/s1. The molecule has 0 radical (unpaired) electrons. The van der Waals surface area contributed by atoms with Crippen LogP contribution in [0.15, 0.2) is 34.5 Å². The van der Waals surface area contributed by atoms with Crippen molar-refractivity contribution >= 4 is 44.6 Å². The summed E-state index contributed by atoms with van der Waals surface area (Å²) >= 11 is 6.86. The van der Waals surface area contributed by atoms with Crippen LogP contribution in [0, 0.1) is 6.92 Å². The van der Waals surface area contributed by atoms with Crippen LogP contribution in [0.25, 0.3) is 0 Å². The Morgan fingerprint density at radius 2 is 2.12 bits per heavy atom. The Kier molecular flexibility index (Phi) is 5.57. The molecule has 1 amide bonds. The number of anilines is 1. The average molecular weight is 415 g/mol. The van der Waals surface area contributed by atoms with E-state index in [2.05, 4.69) is 5.32 Å². The first-order valence-corrected chi connectivity index (χ1v) is 10.7. The Labute approximate surface area is 161 Å². The summed E-state index contributed by atoms with van der Waals surface area (Å²) in [4.78, 5) is 12.8. The molecule has 6 nitrogen and oxygen atoms in total. The Balaban J connectivity index is 1.84. The molecule has 1 aliphatic heterocycles. The van der Waals surface area contributed by atoms with E-state index in [1.165, 1.54) is 17.5 Å². The molecule has 3 rings (SSSR count).